The van der Waals surface area contributed by atoms with Crippen molar-refractivity contribution in [2.45, 2.75) is 27.2 Å². The van der Waals surface area contributed by atoms with E-state index >= 15 is 0 Å². The highest BCUT2D eigenvalue weighted by Crippen LogP contribution is 2.24. The van der Waals surface area contributed by atoms with Crippen LogP contribution in [0.25, 0.3) is 0 Å². The Kier molecular flexibility index (Phi) is 4.69. The van der Waals surface area contributed by atoms with E-state index in [1.807, 2.05) is 0 Å². The second-order valence-electron chi connectivity index (χ2n) is 3.26. The lowest BCUT2D eigenvalue weighted by atomic mass is 10.4. The number of alkyl halides is 1. The van der Waals surface area contributed by atoms with Gasteiger partial charge in [-0.15, -0.1) is 22.9 Å². The van der Waals surface area contributed by atoms with Crippen LogP contribution >= 0.6 is 22.9 Å². The molecule has 0 fully saturated rings. The number of anilines is 1. The first-order chi connectivity index (χ1) is 6.69. The molecule has 0 unspecified atom stereocenters. The summed E-state index contributed by atoms with van der Waals surface area (Å²) >= 11 is 7.45. The molecular formula is C10H17ClN2S. The van der Waals surface area contributed by atoms with Gasteiger partial charge in [0.2, 0.25) is 0 Å². The molecule has 0 atom stereocenters. The Labute approximate surface area is 94.9 Å². The fraction of sp³-hybridized carbons (Fsp3) is 0.700. The molecule has 0 radical (unpaired) electrons. The van der Waals surface area contributed by atoms with Crippen molar-refractivity contribution in [1.29, 1.82) is 0 Å². The van der Waals surface area contributed by atoms with Crippen LogP contribution in [0, 0.1) is 13.8 Å². The van der Waals surface area contributed by atoms with Crippen molar-refractivity contribution in [3.8, 4) is 0 Å². The van der Waals surface area contributed by atoms with Crippen LogP contribution < -0.4 is 4.90 Å². The summed E-state index contributed by atoms with van der Waals surface area (Å²) in [6, 6.07) is 0. The topological polar surface area (TPSA) is 16.1 Å². The number of hydrogen-bond acceptors (Lipinski definition) is 3. The van der Waals surface area contributed by atoms with Crippen LogP contribution in [0.3, 0.4) is 0 Å². The molecule has 0 aromatic carbocycles. The monoisotopic (exact) mass is 232 g/mol. The van der Waals surface area contributed by atoms with Gasteiger partial charge < -0.3 is 4.90 Å². The fourth-order valence-corrected chi connectivity index (χ4v) is 2.35. The van der Waals surface area contributed by atoms with Crippen molar-refractivity contribution in [2.24, 2.45) is 0 Å². The third-order valence-corrected chi connectivity index (χ3v) is 3.63. The highest BCUT2D eigenvalue weighted by molar-refractivity contribution is 7.15. The molecule has 0 aliphatic rings. The Morgan fingerprint density at radius 1 is 1.43 bits per heavy atom. The van der Waals surface area contributed by atoms with Gasteiger partial charge in [-0.2, -0.15) is 0 Å². The van der Waals surface area contributed by atoms with E-state index in [1.54, 1.807) is 11.3 Å². The lowest BCUT2D eigenvalue weighted by Crippen LogP contribution is -2.23. The molecule has 1 aromatic rings. The molecule has 1 heterocycles. The minimum Gasteiger partial charge on any atom is -0.348 e. The van der Waals surface area contributed by atoms with Gasteiger partial charge in [0, 0.05) is 23.8 Å². The van der Waals surface area contributed by atoms with Gasteiger partial charge in [-0.05, 0) is 27.2 Å². The van der Waals surface area contributed by atoms with Crippen LogP contribution in [0.15, 0.2) is 0 Å². The maximum Gasteiger partial charge on any atom is 0.185 e. The van der Waals surface area contributed by atoms with Crippen molar-refractivity contribution in [1.82, 2.24) is 4.98 Å². The number of thiazole rings is 1. The highest BCUT2D eigenvalue weighted by atomic mass is 35.5. The zero-order valence-corrected chi connectivity index (χ0v) is 10.6. The molecule has 14 heavy (non-hydrogen) atoms. The SMILES string of the molecule is CCN(CCCCl)c1nc(C)c(C)s1. The molecule has 1 rings (SSSR count). The second-order valence-corrected chi connectivity index (χ2v) is 4.82. The van der Waals surface area contributed by atoms with E-state index in [4.69, 9.17) is 11.6 Å². The molecule has 80 valence electrons. The highest BCUT2D eigenvalue weighted by Gasteiger charge is 2.09. The first-order valence-electron chi connectivity index (χ1n) is 4.94. The van der Waals surface area contributed by atoms with Crippen molar-refractivity contribution >= 4 is 28.1 Å². The van der Waals surface area contributed by atoms with E-state index in [0.29, 0.717) is 0 Å². The summed E-state index contributed by atoms with van der Waals surface area (Å²) in [5, 5.41) is 1.13. The predicted molar refractivity (Wildman–Crippen MR) is 64.8 cm³/mol. The van der Waals surface area contributed by atoms with Crippen LogP contribution in [0.5, 0.6) is 0 Å². The maximum absolute atomic E-state index is 5.68. The number of hydrogen-bond donors (Lipinski definition) is 0. The zero-order chi connectivity index (χ0) is 10.6. The largest absolute Gasteiger partial charge is 0.348 e. The van der Waals surface area contributed by atoms with Gasteiger partial charge >= 0.3 is 0 Å². The summed E-state index contributed by atoms with van der Waals surface area (Å²) < 4.78 is 0. The van der Waals surface area contributed by atoms with Crippen molar-refractivity contribution in [3.63, 3.8) is 0 Å². The van der Waals surface area contributed by atoms with Crippen LogP contribution in [0.4, 0.5) is 5.13 Å². The van der Waals surface area contributed by atoms with Gasteiger partial charge in [-0.3, -0.25) is 0 Å². The lowest BCUT2D eigenvalue weighted by molar-refractivity contribution is 0.790. The summed E-state index contributed by atoms with van der Waals surface area (Å²) in [6.45, 7) is 8.34. The van der Waals surface area contributed by atoms with Gasteiger partial charge in [-0.25, -0.2) is 4.98 Å². The van der Waals surface area contributed by atoms with Gasteiger partial charge in [-0.1, -0.05) is 0 Å². The fourth-order valence-electron chi connectivity index (χ4n) is 1.23. The van der Waals surface area contributed by atoms with Gasteiger partial charge in [0.05, 0.1) is 5.69 Å². The summed E-state index contributed by atoms with van der Waals surface area (Å²) in [7, 11) is 0. The van der Waals surface area contributed by atoms with Gasteiger partial charge in [0.15, 0.2) is 5.13 Å². The number of nitrogens with zero attached hydrogens (tertiary/aromatic N) is 2. The Hall–Kier alpha value is -0.280. The molecule has 0 aliphatic heterocycles. The average molecular weight is 233 g/mol. The number of aromatic nitrogens is 1. The normalized spacial score (nSPS) is 10.6. The molecule has 2 nitrogen and oxygen atoms in total. The van der Waals surface area contributed by atoms with Gasteiger partial charge in [0.25, 0.3) is 0 Å². The first kappa shape index (κ1) is 11.8. The van der Waals surface area contributed by atoms with E-state index in [9.17, 15) is 0 Å². The summed E-state index contributed by atoms with van der Waals surface area (Å²) in [5.41, 5.74) is 1.15. The quantitative estimate of drug-likeness (QED) is 0.725. The van der Waals surface area contributed by atoms with E-state index < -0.39 is 0 Å². The third kappa shape index (κ3) is 2.85. The standard InChI is InChI=1S/C10H17ClN2S/c1-4-13(7-5-6-11)10-12-8(2)9(3)14-10/h4-7H2,1-3H3. The van der Waals surface area contributed by atoms with E-state index in [1.165, 1.54) is 4.88 Å². The Bertz CT molecular complexity index is 266. The number of rotatable bonds is 5. The minimum atomic E-state index is 0.722. The van der Waals surface area contributed by atoms with Crippen molar-refractivity contribution in [2.75, 3.05) is 23.9 Å². The van der Waals surface area contributed by atoms with Gasteiger partial charge in [0.1, 0.15) is 0 Å². The molecule has 0 saturated carbocycles. The van der Waals surface area contributed by atoms with Crippen LogP contribution in [-0.2, 0) is 0 Å². The lowest BCUT2D eigenvalue weighted by Gasteiger charge is -2.18. The molecule has 4 heteroatoms. The smallest absolute Gasteiger partial charge is 0.185 e. The molecule has 0 saturated heterocycles. The maximum atomic E-state index is 5.68. The van der Waals surface area contributed by atoms with Crippen molar-refractivity contribution < 1.29 is 0 Å². The molecule has 0 aliphatic carbocycles. The van der Waals surface area contributed by atoms with Crippen LogP contribution in [0.2, 0.25) is 0 Å². The summed E-state index contributed by atoms with van der Waals surface area (Å²) in [4.78, 5) is 8.13. The minimum absolute atomic E-state index is 0.722. The first-order valence-corrected chi connectivity index (χ1v) is 6.29. The third-order valence-electron chi connectivity index (χ3n) is 2.23. The molecule has 0 bridgehead atoms. The second kappa shape index (κ2) is 5.56. The zero-order valence-electron chi connectivity index (χ0n) is 9.01. The summed E-state index contributed by atoms with van der Waals surface area (Å²) in [6.07, 6.45) is 1.02. The van der Waals surface area contributed by atoms with E-state index in [2.05, 4.69) is 30.7 Å². The Morgan fingerprint density at radius 2 is 2.14 bits per heavy atom. The predicted octanol–water partition coefficient (Wildman–Crippen LogP) is 3.22. The molecule has 0 spiro atoms. The summed E-state index contributed by atoms with van der Waals surface area (Å²) in [5.74, 6) is 0.722. The molecule has 0 N–H and O–H groups in total. The molecular weight excluding hydrogens is 216 g/mol. The van der Waals surface area contributed by atoms with Crippen LogP contribution in [-0.4, -0.2) is 24.0 Å². The van der Waals surface area contributed by atoms with Crippen LogP contribution in [0.1, 0.15) is 23.9 Å². The number of aryl methyl sites for hydroxylation is 2. The Morgan fingerprint density at radius 3 is 2.57 bits per heavy atom. The molecule has 1 aromatic heterocycles. The number of halogens is 1. The van der Waals surface area contributed by atoms with E-state index in [0.717, 1.165) is 36.2 Å². The van der Waals surface area contributed by atoms with Crippen molar-refractivity contribution in [3.05, 3.63) is 10.6 Å². The molecule has 0 amide bonds. The average Bonchev–Trinajstić information content (AvgIpc) is 2.48. The Balaban J connectivity index is 2.68. The van der Waals surface area contributed by atoms with E-state index in [-0.39, 0.29) is 0 Å².